The number of carbonyl (C=O) groups is 1. The Morgan fingerprint density at radius 3 is 2.76 bits per heavy atom. The van der Waals surface area contributed by atoms with Crippen molar-refractivity contribution in [1.29, 1.82) is 0 Å². The zero-order valence-corrected chi connectivity index (χ0v) is 22.7. The average Bonchev–Trinajstić information content (AvgIpc) is 3.25. The van der Waals surface area contributed by atoms with Gasteiger partial charge in [-0.05, 0) is 86.2 Å². The molecule has 2 aliphatic carbocycles. The number of carbonyl (C=O) groups excluding carboxylic acids is 1. The summed E-state index contributed by atoms with van der Waals surface area (Å²) in [7, 11) is 0. The normalized spacial score (nSPS) is 21.8. The second-order valence-corrected chi connectivity index (χ2v) is 11.8. The van der Waals surface area contributed by atoms with Gasteiger partial charge in [-0.3, -0.25) is 9.69 Å². The monoisotopic (exact) mass is 563 g/mol. The van der Waals surface area contributed by atoms with Gasteiger partial charge in [-0.2, -0.15) is 9.97 Å². The van der Waals surface area contributed by atoms with Crippen molar-refractivity contribution in [2.75, 3.05) is 38.1 Å². The number of nitrogens with zero attached hydrogens (tertiary/aromatic N) is 3. The number of nitrogens with one attached hydrogen (secondary N) is 2. The number of hydrogen-bond acceptors (Lipinski definition) is 6. The minimum atomic E-state index is -1.10. The summed E-state index contributed by atoms with van der Waals surface area (Å²) in [6, 6.07) is 6.96. The maximum Gasteiger partial charge on any atom is 0.319 e. The standard InChI is InChI=1S/C31H32F3N5O2/c1-17(32)29(40)36-10-9-35-28-22-15-23(33)25(20-6-2-5-18-13-19-14-21(19)24(18)20)26(34)27(22)37-30(38-28)41-16-31-7-3-11-39(31)12-4-8-31/h2,5-6,15,19,21H,1,3-4,7-14,16H2,(H,36,40)(H,35,37,38). The second-order valence-electron chi connectivity index (χ2n) is 11.8. The SMILES string of the molecule is C=C(F)C(=O)NCCNc1nc(OCC23CCCN2CCC3)nc2c(F)c(-c3cccc4c3C3CC3C4)c(F)cc12. The van der Waals surface area contributed by atoms with Crippen molar-refractivity contribution in [2.24, 2.45) is 5.92 Å². The molecule has 3 aromatic rings. The number of hydrogen-bond donors (Lipinski definition) is 2. The van der Waals surface area contributed by atoms with Crippen LogP contribution in [0.1, 0.15) is 49.1 Å². The molecule has 0 spiro atoms. The van der Waals surface area contributed by atoms with E-state index in [9.17, 15) is 9.18 Å². The first-order valence-corrected chi connectivity index (χ1v) is 14.4. The molecule has 0 radical (unpaired) electrons. The van der Waals surface area contributed by atoms with E-state index in [0.29, 0.717) is 24.0 Å². The average molecular weight is 564 g/mol. The lowest BCUT2D eigenvalue weighted by molar-refractivity contribution is -0.118. The lowest BCUT2D eigenvalue weighted by atomic mass is 9.93. The molecule has 2 N–H and O–H groups in total. The summed E-state index contributed by atoms with van der Waals surface area (Å²) in [6.07, 6.45) is 6.26. The Hall–Kier alpha value is -3.66. The first-order valence-electron chi connectivity index (χ1n) is 14.4. The molecule has 1 saturated carbocycles. The van der Waals surface area contributed by atoms with E-state index in [-0.39, 0.29) is 46.9 Å². The number of halogens is 3. The molecular weight excluding hydrogens is 531 g/mol. The number of anilines is 1. The third-order valence-corrected chi connectivity index (χ3v) is 9.33. The van der Waals surface area contributed by atoms with Gasteiger partial charge in [0.2, 0.25) is 0 Å². The minimum Gasteiger partial charge on any atom is -0.461 e. The number of fused-ring (bicyclic) bond motifs is 5. The van der Waals surface area contributed by atoms with Gasteiger partial charge >= 0.3 is 6.01 Å². The first kappa shape index (κ1) is 26.3. The Morgan fingerprint density at radius 2 is 1.98 bits per heavy atom. The lowest BCUT2D eigenvalue weighted by Gasteiger charge is -2.31. The lowest BCUT2D eigenvalue weighted by Crippen LogP contribution is -2.43. The fraction of sp³-hybridized carbons (Fsp3) is 0.452. The Kier molecular flexibility index (Phi) is 6.41. The molecule has 1 amide bonds. The molecule has 214 valence electrons. The van der Waals surface area contributed by atoms with Crippen LogP contribution in [0.2, 0.25) is 0 Å². The molecule has 10 heteroatoms. The third kappa shape index (κ3) is 4.52. The predicted molar refractivity (Wildman–Crippen MR) is 149 cm³/mol. The molecule has 1 aromatic heterocycles. The smallest absolute Gasteiger partial charge is 0.319 e. The molecule has 41 heavy (non-hydrogen) atoms. The van der Waals surface area contributed by atoms with Gasteiger partial charge in [0.25, 0.3) is 5.91 Å². The van der Waals surface area contributed by atoms with Crippen LogP contribution in [0.25, 0.3) is 22.0 Å². The quantitative estimate of drug-likeness (QED) is 0.274. The van der Waals surface area contributed by atoms with Crippen molar-refractivity contribution in [3.05, 3.63) is 59.4 Å². The van der Waals surface area contributed by atoms with E-state index in [0.717, 1.165) is 62.7 Å². The van der Waals surface area contributed by atoms with Crippen LogP contribution in [0.15, 0.2) is 36.7 Å². The van der Waals surface area contributed by atoms with Crippen LogP contribution in [-0.2, 0) is 11.2 Å². The van der Waals surface area contributed by atoms with E-state index < -0.39 is 23.4 Å². The Balaban J connectivity index is 1.26. The Morgan fingerprint density at radius 1 is 1.17 bits per heavy atom. The molecule has 2 unspecified atom stereocenters. The highest BCUT2D eigenvalue weighted by Gasteiger charge is 2.47. The largest absolute Gasteiger partial charge is 0.461 e. The number of rotatable bonds is 9. The van der Waals surface area contributed by atoms with Crippen LogP contribution in [0.4, 0.5) is 19.0 Å². The molecule has 3 fully saturated rings. The van der Waals surface area contributed by atoms with E-state index in [1.807, 2.05) is 12.1 Å². The van der Waals surface area contributed by atoms with Crippen LogP contribution in [0.5, 0.6) is 6.01 Å². The van der Waals surface area contributed by atoms with E-state index in [1.54, 1.807) is 6.07 Å². The molecule has 4 aliphatic rings. The Labute approximate surface area is 236 Å². The molecular formula is C31H32F3N5O2. The maximum absolute atomic E-state index is 16.4. The third-order valence-electron chi connectivity index (χ3n) is 9.33. The van der Waals surface area contributed by atoms with Gasteiger partial charge in [0.15, 0.2) is 11.6 Å². The summed E-state index contributed by atoms with van der Waals surface area (Å²) < 4.78 is 51.4. The maximum atomic E-state index is 16.4. The van der Waals surface area contributed by atoms with Crippen LogP contribution < -0.4 is 15.4 Å². The predicted octanol–water partition coefficient (Wildman–Crippen LogP) is 5.25. The topological polar surface area (TPSA) is 79.4 Å². The van der Waals surface area contributed by atoms with Crippen LogP contribution in [-0.4, -0.2) is 59.1 Å². The zero-order valence-electron chi connectivity index (χ0n) is 22.7. The zero-order chi connectivity index (χ0) is 28.3. The molecule has 7 rings (SSSR count). The van der Waals surface area contributed by atoms with Crippen molar-refractivity contribution in [1.82, 2.24) is 20.2 Å². The number of benzene rings is 2. The summed E-state index contributed by atoms with van der Waals surface area (Å²) >= 11 is 0. The van der Waals surface area contributed by atoms with Crippen molar-refractivity contribution in [3.8, 4) is 17.1 Å². The van der Waals surface area contributed by atoms with E-state index >= 15 is 8.78 Å². The first-order chi connectivity index (χ1) is 19.8. The van der Waals surface area contributed by atoms with Gasteiger partial charge in [-0.15, -0.1) is 0 Å². The number of amides is 1. The molecule has 0 bridgehead atoms. The Bertz CT molecular complexity index is 1570. The van der Waals surface area contributed by atoms with Gasteiger partial charge in [0, 0.05) is 18.5 Å². The van der Waals surface area contributed by atoms with Gasteiger partial charge in [0.1, 0.15) is 23.8 Å². The van der Waals surface area contributed by atoms with Crippen molar-refractivity contribution in [2.45, 2.75) is 50.0 Å². The number of ether oxygens (including phenoxy) is 1. The van der Waals surface area contributed by atoms with Gasteiger partial charge in [0.05, 0.1) is 11.1 Å². The molecule has 2 atom stereocenters. The fourth-order valence-corrected chi connectivity index (χ4v) is 7.29. The van der Waals surface area contributed by atoms with Gasteiger partial charge in [-0.25, -0.2) is 13.2 Å². The molecule has 2 saturated heterocycles. The van der Waals surface area contributed by atoms with E-state index in [4.69, 9.17) is 4.74 Å². The van der Waals surface area contributed by atoms with Crippen molar-refractivity contribution in [3.63, 3.8) is 0 Å². The van der Waals surface area contributed by atoms with Crippen molar-refractivity contribution < 1.29 is 22.7 Å². The minimum absolute atomic E-state index is 0.00584. The molecule has 7 nitrogen and oxygen atoms in total. The highest BCUT2D eigenvalue weighted by atomic mass is 19.1. The second kappa shape index (κ2) is 10.0. The molecule has 3 heterocycles. The highest BCUT2D eigenvalue weighted by Crippen LogP contribution is 2.59. The van der Waals surface area contributed by atoms with E-state index in [2.05, 4.69) is 32.1 Å². The van der Waals surface area contributed by atoms with Crippen LogP contribution in [0.3, 0.4) is 0 Å². The molecule has 2 aliphatic heterocycles. The summed E-state index contributed by atoms with van der Waals surface area (Å²) in [5.74, 6) is -2.37. The van der Waals surface area contributed by atoms with Gasteiger partial charge in [-0.1, -0.05) is 24.8 Å². The number of aromatic nitrogens is 2. The summed E-state index contributed by atoms with van der Waals surface area (Å²) in [4.78, 5) is 22.9. The van der Waals surface area contributed by atoms with Gasteiger partial charge < -0.3 is 15.4 Å². The summed E-state index contributed by atoms with van der Waals surface area (Å²) in [6.45, 7) is 5.61. The molecule has 2 aromatic carbocycles. The van der Waals surface area contributed by atoms with Crippen LogP contribution >= 0.6 is 0 Å². The fourth-order valence-electron chi connectivity index (χ4n) is 7.29. The van der Waals surface area contributed by atoms with Crippen LogP contribution in [0, 0.1) is 17.6 Å². The summed E-state index contributed by atoms with van der Waals surface area (Å²) in [5, 5.41) is 5.57. The van der Waals surface area contributed by atoms with E-state index in [1.165, 1.54) is 6.07 Å². The van der Waals surface area contributed by atoms with Crippen molar-refractivity contribution >= 4 is 22.6 Å². The summed E-state index contributed by atoms with van der Waals surface area (Å²) in [5.41, 5.74) is 2.61. The highest BCUT2D eigenvalue weighted by molar-refractivity contribution is 5.94.